The Morgan fingerprint density at radius 1 is 0.250 bits per heavy atom. The first kappa shape index (κ1) is 77.2. The zero-order valence-corrected chi connectivity index (χ0v) is 36.7. The van der Waals surface area contributed by atoms with E-state index in [2.05, 4.69) is 134 Å². The molecule has 4 atom stereocenters. The standard InChI is InChI=1S/2C12H12P2.4C2H6.8Ar/c2*13-11-7-3-1-5-9(11)10-6-2-4-8-12(10)14;4*1-2;;;;;;;;/h2*1-8H,13-14H2;4*1-2H3;;;;;;;;. The topological polar surface area (TPSA) is 0 Å². The summed E-state index contributed by atoms with van der Waals surface area (Å²) in [6, 6.07) is 33.5. The molecule has 12 heteroatoms. The van der Waals surface area contributed by atoms with E-state index in [-0.39, 0.29) is 302 Å². The van der Waals surface area contributed by atoms with Gasteiger partial charge in [-0.15, -0.1) is 37.0 Å². The summed E-state index contributed by atoms with van der Waals surface area (Å²) in [6.45, 7) is 16.0. The van der Waals surface area contributed by atoms with Crippen LogP contribution in [0.25, 0.3) is 22.3 Å². The van der Waals surface area contributed by atoms with E-state index in [0.29, 0.717) is 0 Å². The molecule has 0 amide bonds. The maximum absolute atomic E-state index is 2.77. The largest absolute Gasteiger partial charge is 0.105 e. The molecule has 0 N–H and O–H groups in total. The Balaban J connectivity index is -0.0000000465. The molecule has 4 aromatic carbocycles. The van der Waals surface area contributed by atoms with Crippen LogP contribution in [0.15, 0.2) is 97.1 Å². The van der Waals surface area contributed by atoms with E-state index < -0.39 is 0 Å². The fourth-order valence-electron chi connectivity index (χ4n) is 2.97. The second-order valence-corrected chi connectivity index (χ2v) is 8.84. The van der Waals surface area contributed by atoms with Gasteiger partial charge >= 0.3 is 0 Å². The first-order valence-corrected chi connectivity index (χ1v) is 15.3. The molecule has 0 saturated heterocycles. The van der Waals surface area contributed by atoms with E-state index in [1.807, 2.05) is 55.4 Å². The summed E-state index contributed by atoms with van der Waals surface area (Å²) >= 11 is 0. The molecule has 0 aliphatic heterocycles. The average molecular weight is 876 g/mol. The van der Waals surface area contributed by atoms with Gasteiger partial charge in [0.15, 0.2) is 0 Å². The van der Waals surface area contributed by atoms with Crippen molar-refractivity contribution in [1.82, 2.24) is 0 Å². The first-order valence-electron chi connectivity index (χ1n) is 13.0. The predicted octanol–water partition coefficient (Wildman–Crippen LogP) is 8.81. The van der Waals surface area contributed by atoms with Crippen molar-refractivity contribution in [3.63, 3.8) is 0 Å². The van der Waals surface area contributed by atoms with Crippen molar-refractivity contribution in [2.45, 2.75) is 55.4 Å². The van der Waals surface area contributed by atoms with Crippen molar-refractivity contribution >= 4 is 58.2 Å². The van der Waals surface area contributed by atoms with Gasteiger partial charge in [-0.3, -0.25) is 0 Å². The van der Waals surface area contributed by atoms with Crippen molar-refractivity contribution in [3.8, 4) is 22.3 Å². The number of benzene rings is 4. The van der Waals surface area contributed by atoms with Crippen molar-refractivity contribution < 1.29 is 302 Å². The first-order chi connectivity index (χ1) is 17.6. The summed E-state index contributed by atoms with van der Waals surface area (Å²) in [5.41, 5.74) is 5.12. The summed E-state index contributed by atoms with van der Waals surface area (Å²) in [5.74, 6) is 0. The Morgan fingerprint density at radius 3 is 0.477 bits per heavy atom. The third-order valence-electron chi connectivity index (χ3n) is 4.42. The number of hydrogen-bond acceptors (Lipinski definition) is 0. The van der Waals surface area contributed by atoms with Crippen LogP contribution in [-0.2, 0) is 0 Å². The zero-order valence-electron chi connectivity index (χ0n) is 26.4. The van der Waals surface area contributed by atoms with E-state index >= 15 is 0 Å². The van der Waals surface area contributed by atoms with Crippen LogP contribution < -0.4 is 21.2 Å². The minimum atomic E-state index is 0. The fourth-order valence-corrected chi connectivity index (χ4v) is 4.42. The Labute approximate surface area is 521 Å². The SMILES string of the molecule is CC.CC.CC.CC.Pc1ccccc1-c1ccccc1P.Pc1ccccc1-c1ccccc1P.[Ar].[Ar].[Ar].[Ar].[Ar].[Ar].[Ar].[Ar]. The van der Waals surface area contributed by atoms with Gasteiger partial charge in [-0.2, -0.15) is 0 Å². The monoisotopic (exact) mass is 876 g/mol. The Kier molecular flexibility index (Phi) is 98.3. The van der Waals surface area contributed by atoms with E-state index in [4.69, 9.17) is 0 Å². The maximum Gasteiger partial charge on any atom is 0 e. The Hall–Kier alpha value is 8.68. The molecule has 0 fully saturated rings. The minimum Gasteiger partial charge on any atom is -0.105 e. The zero-order chi connectivity index (χ0) is 27.9. The molecule has 0 saturated carbocycles. The Bertz CT molecular complexity index is 931. The Morgan fingerprint density at radius 2 is 0.364 bits per heavy atom. The molecular weight excluding hydrogens is 828 g/mol. The van der Waals surface area contributed by atoms with Crippen molar-refractivity contribution in [2.24, 2.45) is 0 Å². The molecule has 0 aromatic heterocycles. The van der Waals surface area contributed by atoms with Crippen LogP contribution in [0.3, 0.4) is 0 Å². The van der Waals surface area contributed by atoms with Gasteiger partial charge in [-0.25, -0.2) is 0 Å². The molecule has 0 aliphatic carbocycles. The van der Waals surface area contributed by atoms with Crippen molar-refractivity contribution in [1.29, 1.82) is 0 Å². The molecule has 0 spiro atoms. The quantitative estimate of drug-likeness (QED) is 0.177. The van der Waals surface area contributed by atoms with E-state index in [9.17, 15) is 0 Å². The van der Waals surface area contributed by atoms with Gasteiger partial charge in [0.25, 0.3) is 0 Å². The van der Waals surface area contributed by atoms with Crippen LogP contribution in [0, 0.1) is 302 Å². The van der Waals surface area contributed by atoms with Crippen LogP contribution in [0.1, 0.15) is 55.4 Å². The number of rotatable bonds is 2. The van der Waals surface area contributed by atoms with Crippen LogP contribution in [0.5, 0.6) is 0 Å². The second-order valence-electron chi connectivity index (χ2n) is 6.35. The van der Waals surface area contributed by atoms with Gasteiger partial charge in [0.2, 0.25) is 0 Å². The van der Waals surface area contributed by atoms with Crippen LogP contribution in [0.4, 0.5) is 0 Å². The third-order valence-corrected chi connectivity index (χ3v) is 6.44. The normalized spacial score (nSPS) is 7.00. The maximum atomic E-state index is 2.77. The molecule has 44 heavy (non-hydrogen) atoms. The van der Waals surface area contributed by atoms with Gasteiger partial charge in [-0.05, 0) is 43.5 Å². The summed E-state index contributed by atoms with van der Waals surface area (Å²) < 4.78 is 0. The molecule has 260 valence electrons. The van der Waals surface area contributed by atoms with Gasteiger partial charge < -0.3 is 0 Å². The van der Waals surface area contributed by atoms with Gasteiger partial charge in [0.05, 0.1) is 0 Å². The number of hydrogen-bond donors (Lipinski definition) is 0. The average Bonchev–Trinajstić information content (AvgIpc) is 2.95. The van der Waals surface area contributed by atoms with Crippen LogP contribution in [0.2, 0.25) is 0 Å². The summed E-state index contributed by atoms with van der Waals surface area (Å²) in [5, 5.41) is 4.95. The molecule has 0 heterocycles. The van der Waals surface area contributed by atoms with E-state index in [1.54, 1.807) is 0 Å². The molecule has 0 aliphatic rings. The van der Waals surface area contributed by atoms with Crippen molar-refractivity contribution in [2.75, 3.05) is 0 Å². The summed E-state index contributed by atoms with van der Waals surface area (Å²) in [7, 11) is 11.1. The molecule has 4 unspecified atom stereocenters. The van der Waals surface area contributed by atoms with E-state index in [0.717, 1.165) is 0 Å². The molecule has 0 nitrogen and oxygen atoms in total. The van der Waals surface area contributed by atoms with Gasteiger partial charge in [0, 0.05) is 302 Å². The molecule has 0 radical (unpaired) electrons. The predicted molar refractivity (Wildman–Crippen MR) is 187 cm³/mol. The van der Waals surface area contributed by atoms with Crippen molar-refractivity contribution in [3.05, 3.63) is 97.1 Å². The third kappa shape index (κ3) is 34.0. The molecular formula is C32H48Ar8P4. The van der Waals surface area contributed by atoms with Gasteiger partial charge in [0.1, 0.15) is 0 Å². The van der Waals surface area contributed by atoms with E-state index in [1.165, 1.54) is 43.5 Å². The second kappa shape index (κ2) is 56.0. The molecule has 4 aromatic rings. The summed E-state index contributed by atoms with van der Waals surface area (Å²) in [4.78, 5) is 0. The molecule has 4 rings (SSSR count). The minimum absolute atomic E-state index is 0. The van der Waals surface area contributed by atoms with Crippen LogP contribution in [-0.4, -0.2) is 0 Å². The summed E-state index contributed by atoms with van der Waals surface area (Å²) in [6.07, 6.45) is 0. The van der Waals surface area contributed by atoms with Gasteiger partial charge in [-0.1, -0.05) is 152 Å². The fraction of sp³-hybridized carbons (Fsp3) is 0.250. The smallest absolute Gasteiger partial charge is 0 e. The molecule has 0 bridgehead atoms. The van der Waals surface area contributed by atoms with Crippen LogP contribution >= 0.6 is 37.0 Å².